The predicted molar refractivity (Wildman–Crippen MR) is 63.6 cm³/mol. The Morgan fingerprint density at radius 1 is 1.31 bits per heavy atom. The molecule has 0 heterocycles. The fourth-order valence-corrected chi connectivity index (χ4v) is 1.12. The summed E-state index contributed by atoms with van der Waals surface area (Å²) >= 11 is 0. The molecule has 1 rings (SSSR count). The molecule has 0 fully saturated rings. The van der Waals surface area contributed by atoms with E-state index in [-0.39, 0.29) is 6.61 Å². The van der Waals surface area contributed by atoms with E-state index in [0.717, 1.165) is 5.75 Å². The Morgan fingerprint density at radius 2 is 1.94 bits per heavy atom. The highest BCUT2D eigenvalue weighted by Gasteiger charge is 1.96. The zero-order valence-electron chi connectivity index (χ0n) is 9.35. The highest BCUT2D eigenvalue weighted by Crippen LogP contribution is 2.19. The first-order valence-electron chi connectivity index (χ1n) is 5.05. The van der Waals surface area contributed by atoms with Gasteiger partial charge in [-0.3, -0.25) is 0 Å². The van der Waals surface area contributed by atoms with Crippen molar-refractivity contribution in [3.8, 4) is 11.5 Å². The zero-order chi connectivity index (χ0) is 11.8. The van der Waals surface area contributed by atoms with Crippen LogP contribution in [0, 0.1) is 0 Å². The predicted octanol–water partition coefficient (Wildman–Crippen LogP) is 2.53. The van der Waals surface area contributed by atoms with Crippen LogP contribution in [0.5, 0.6) is 11.5 Å². The summed E-state index contributed by atoms with van der Waals surface area (Å²) in [4.78, 5) is 0. The molecule has 3 heteroatoms. The monoisotopic (exact) mass is 220 g/mol. The molecule has 0 radical (unpaired) electrons. The van der Waals surface area contributed by atoms with Crippen molar-refractivity contribution in [1.82, 2.24) is 0 Å². The van der Waals surface area contributed by atoms with Gasteiger partial charge < -0.3 is 14.6 Å². The third-order valence-electron chi connectivity index (χ3n) is 1.85. The van der Waals surface area contributed by atoms with Gasteiger partial charge in [0.15, 0.2) is 0 Å². The summed E-state index contributed by atoms with van der Waals surface area (Å²) in [6, 6.07) is 7.27. The van der Waals surface area contributed by atoms with Crippen LogP contribution in [0.25, 0.3) is 0 Å². The molecule has 0 unspecified atom stereocenters. The lowest BCUT2D eigenvalue weighted by atomic mass is 10.3. The van der Waals surface area contributed by atoms with Gasteiger partial charge in [-0.15, -0.1) is 0 Å². The molecule has 0 aromatic heterocycles. The first kappa shape index (κ1) is 12.3. The quantitative estimate of drug-likeness (QED) is 0.591. The highest BCUT2D eigenvalue weighted by molar-refractivity contribution is 5.32. The van der Waals surface area contributed by atoms with Gasteiger partial charge in [0.25, 0.3) is 0 Å². The number of ether oxygens (including phenoxy) is 2. The van der Waals surface area contributed by atoms with Gasteiger partial charge in [0.05, 0.1) is 12.4 Å². The summed E-state index contributed by atoms with van der Waals surface area (Å²) in [6.45, 7) is 5.83. The van der Waals surface area contributed by atoms with Gasteiger partial charge in [0, 0.05) is 0 Å². The fraction of sp³-hybridized carbons (Fsp3) is 0.231. The third-order valence-corrected chi connectivity index (χ3v) is 1.85. The summed E-state index contributed by atoms with van der Waals surface area (Å²) in [5.74, 6) is 2.16. The normalized spacial score (nSPS) is 11.0. The molecule has 0 aliphatic heterocycles. The number of hydrogen-bond donors (Lipinski definition) is 1. The summed E-state index contributed by atoms with van der Waals surface area (Å²) in [6.07, 6.45) is 3.29. The minimum Gasteiger partial charge on any atom is -0.490 e. The Morgan fingerprint density at radius 3 is 2.50 bits per heavy atom. The molecule has 0 aliphatic rings. The van der Waals surface area contributed by atoms with Crippen LogP contribution < -0.4 is 9.47 Å². The molecular formula is C13H16O3. The third kappa shape index (κ3) is 4.19. The molecule has 0 spiro atoms. The minimum atomic E-state index is -0.0215. The smallest absolute Gasteiger partial charge is 0.127 e. The first-order valence-corrected chi connectivity index (χ1v) is 5.05. The Bertz CT molecular complexity index is 352. The average Bonchev–Trinajstić information content (AvgIpc) is 2.28. The van der Waals surface area contributed by atoms with E-state index in [0.29, 0.717) is 18.1 Å². The largest absolute Gasteiger partial charge is 0.490 e. The van der Waals surface area contributed by atoms with Crippen molar-refractivity contribution in [2.45, 2.75) is 6.92 Å². The number of aliphatic hydroxyl groups excluding tert-OH is 1. The summed E-state index contributed by atoms with van der Waals surface area (Å²) < 4.78 is 10.8. The van der Waals surface area contributed by atoms with Crippen LogP contribution in [0.2, 0.25) is 0 Å². The molecular weight excluding hydrogens is 204 g/mol. The van der Waals surface area contributed by atoms with Crippen LogP contribution in [0.4, 0.5) is 0 Å². The highest BCUT2D eigenvalue weighted by atomic mass is 16.5. The Kier molecular flexibility index (Phi) is 5.16. The maximum atomic E-state index is 8.67. The van der Waals surface area contributed by atoms with Gasteiger partial charge in [-0.2, -0.15) is 0 Å². The number of aliphatic hydroxyl groups is 1. The van der Waals surface area contributed by atoms with E-state index < -0.39 is 0 Å². The second-order valence-electron chi connectivity index (χ2n) is 3.17. The molecule has 0 saturated heterocycles. The Balaban J connectivity index is 2.57. The maximum absolute atomic E-state index is 8.67. The summed E-state index contributed by atoms with van der Waals surface area (Å²) in [7, 11) is 0. The van der Waals surface area contributed by atoms with E-state index in [9.17, 15) is 0 Å². The molecule has 16 heavy (non-hydrogen) atoms. The summed E-state index contributed by atoms with van der Waals surface area (Å²) in [5.41, 5.74) is 0. The number of rotatable bonds is 6. The van der Waals surface area contributed by atoms with Crippen LogP contribution in [0.1, 0.15) is 6.92 Å². The van der Waals surface area contributed by atoms with Gasteiger partial charge in [-0.1, -0.05) is 12.7 Å². The van der Waals surface area contributed by atoms with Crippen LogP contribution >= 0.6 is 0 Å². The second kappa shape index (κ2) is 6.69. The van der Waals surface area contributed by atoms with Crippen molar-refractivity contribution >= 4 is 0 Å². The number of benzene rings is 1. The second-order valence-corrected chi connectivity index (χ2v) is 3.17. The Hall–Kier alpha value is -1.74. The van der Waals surface area contributed by atoms with Gasteiger partial charge in [0.1, 0.15) is 18.1 Å². The Labute approximate surface area is 95.6 Å². The zero-order valence-corrected chi connectivity index (χ0v) is 9.35. The lowest BCUT2D eigenvalue weighted by molar-refractivity contribution is 0.332. The molecule has 1 aromatic carbocycles. The topological polar surface area (TPSA) is 38.7 Å². The standard InChI is InChI=1S/C13H16O3/c1-3-10-15-12-4-6-13(7-5-12)16-11(2)8-9-14/h3-8,14H,1,9-10H2,2H3/b11-8+. The number of allylic oxidation sites excluding steroid dienone is 1. The van der Waals surface area contributed by atoms with Crippen molar-refractivity contribution in [2.75, 3.05) is 13.2 Å². The van der Waals surface area contributed by atoms with Crippen molar-refractivity contribution in [2.24, 2.45) is 0 Å². The van der Waals surface area contributed by atoms with E-state index in [1.807, 2.05) is 24.3 Å². The molecule has 0 aliphatic carbocycles. The molecule has 86 valence electrons. The van der Waals surface area contributed by atoms with Gasteiger partial charge in [-0.05, 0) is 37.3 Å². The number of hydrogen-bond acceptors (Lipinski definition) is 3. The lowest BCUT2D eigenvalue weighted by Crippen LogP contribution is -1.94. The van der Waals surface area contributed by atoms with E-state index in [2.05, 4.69) is 6.58 Å². The fourth-order valence-electron chi connectivity index (χ4n) is 1.12. The molecule has 1 N–H and O–H groups in total. The molecule has 0 atom stereocenters. The average molecular weight is 220 g/mol. The molecule has 0 bridgehead atoms. The van der Waals surface area contributed by atoms with Crippen LogP contribution in [-0.4, -0.2) is 18.3 Å². The van der Waals surface area contributed by atoms with Gasteiger partial charge >= 0.3 is 0 Å². The van der Waals surface area contributed by atoms with Crippen molar-refractivity contribution in [1.29, 1.82) is 0 Å². The van der Waals surface area contributed by atoms with Crippen molar-refractivity contribution < 1.29 is 14.6 Å². The van der Waals surface area contributed by atoms with E-state index in [4.69, 9.17) is 14.6 Å². The SMILES string of the molecule is C=CCOc1ccc(O/C(C)=C/CO)cc1. The molecule has 0 saturated carbocycles. The van der Waals surface area contributed by atoms with E-state index in [1.54, 1.807) is 19.1 Å². The van der Waals surface area contributed by atoms with Crippen molar-refractivity contribution in [3.05, 3.63) is 48.8 Å². The van der Waals surface area contributed by atoms with Crippen LogP contribution in [-0.2, 0) is 0 Å². The van der Waals surface area contributed by atoms with E-state index in [1.165, 1.54) is 0 Å². The lowest BCUT2D eigenvalue weighted by Gasteiger charge is -2.07. The van der Waals surface area contributed by atoms with Gasteiger partial charge in [-0.25, -0.2) is 0 Å². The van der Waals surface area contributed by atoms with Gasteiger partial charge in [0.2, 0.25) is 0 Å². The van der Waals surface area contributed by atoms with Crippen LogP contribution in [0.3, 0.4) is 0 Å². The first-order chi connectivity index (χ1) is 7.76. The summed E-state index contributed by atoms with van der Waals surface area (Å²) in [5, 5.41) is 8.67. The van der Waals surface area contributed by atoms with Crippen molar-refractivity contribution in [3.63, 3.8) is 0 Å². The molecule has 1 aromatic rings. The molecule has 3 nitrogen and oxygen atoms in total. The molecule has 0 amide bonds. The minimum absolute atomic E-state index is 0.0215. The van der Waals surface area contributed by atoms with Crippen LogP contribution in [0.15, 0.2) is 48.8 Å². The maximum Gasteiger partial charge on any atom is 0.127 e. The van der Waals surface area contributed by atoms with E-state index >= 15 is 0 Å².